The maximum absolute atomic E-state index is 12.1. The lowest BCUT2D eigenvalue weighted by atomic mass is 10.0. The van der Waals surface area contributed by atoms with Crippen molar-refractivity contribution in [2.45, 2.75) is 13.8 Å². The molecule has 0 aliphatic heterocycles. The van der Waals surface area contributed by atoms with Gasteiger partial charge in [-0.2, -0.15) is 0 Å². The highest BCUT2D eigenvalue weighted by molar-refractivity contribution is 6.11. The molecular formula is C13H13NO2. The van der Waals surface area contributed by atoms with Crippen molar-refractivity contribution in [3.8, 4) is 0 Å². The lowest BCUT2D eigenvalue weighted by molar-refractivity contribution is 0.101. The largest absolute Gasteiger partial charge is 0.458 e. The van der Waals surface area contributed by atoms with E-state index in [-0.39, 0.29) is 5.78 Å². The molecule has 82 valence electrons. The lowest BCUT2D eigenvalue weighted by Crippen LogP contribution is -2.06. The van der Waals surface area contributed by atoms with Crippen LogP contribution < -0.4 is 5.73 Å². The number of hydrogen-bond acceptors (Lipinski definition) is 3. The van der Waals surface area contributed by atoms with E-state index in [0.717, 1.165) is 11.3 Å². The van der Waals surface area contributed by atoms with Gasteiger partial charge < -0.3 is 10.2 Å². The van der Waals surface area contributed by atoms with Crippen molar-refractivity contribution in [1.29, 1.82) is 0 Å². The van der Waals surface area contributed by atoms with Gasteiger partial charge in [0, 0.05) is 5.69 Å². The third-order valence-corrected chi connectivity index (χ3v) is 2.50. The molecule has 0 saturated heterocycles. The highest BCUT2D eigenvalue weighted by atomic mass is 16.3. The molecule has 0 bridgehead atoms. The molecule has 2 aromatic rings. The molecule has 0 radical (unpaired) electrons. The number of nitrogen functional groups attached to an aromatic ring is 1. The molecule has 0 aliphatic carbocycles. The topological polar surface area (TPSA) is 56.2 Å². The fraction of sp³-hybridized carbons (Fsp3) is 0.154. The maximum atomic E-state index is 12.1. The summed E-state index contributed by atoms with van der Waals surface area (Å²) in [5, 5.41) is 0. The Bertz CT molecular complexity index is 520. The molecule has 0 aliphatic rings. The molecule has 16 heavy (non-hydrogen) atoms. The van der Waals surface area contributed by atoms with E-state index in [2.05, 4.69) is 0 Å². The standard InChI is InChI=1S/C13H13NO2/c1-8-4-3-5-10(14)12(8)13(15)11-7-6-9(2)16-11/h3-7H,14H2,1-2H3. The molecule has 1 aromatic carbocycles. The first kappa shape index (κ1) is 10.5. The zero-order valence-corrected chi connectivity index (χ0v) is 9.28. The average molecular weight is 215 g/mol. The van der Waals surface area contributed by atoms with Crippen LogP contribution >= 0.6 is 0 Å². The predicted molar refractivity (Wildman–Crippen MR) is 62.5 cm³/mol. The number of furan rings is 1. The second-order valence-electron chi connectivity index (χ2n) is 3.78. The van der Waals surface area contributed by atoms with Gasteiger partial charge >= 0.3 is 0 Å². The lowest BCUT2D eigenvalue weighted by Gasteiger charge is -2.06. The Morgan fingerprint density at radius 2 is 1.94 bits per heavy atom. The van der Waals surface area contributed by atoms with Gasteiger partial charge in [0.25, 0.3) is 0 Å². The van der Waals surface area contributed by atoms with Crippen LogP contribution in [0.25, 0.3) is 0 Å². The quantitative estimate of drug-likeness (QED) is 0.619. The molecule has 0 spiro atoms. The third-order valence-electron chi connectivity index (χ3n) is 2.50. The number of anilines is 1. The smallest absolute Gasteiger partial charge is 0.230 e. The van der Waals surface area contributed by atoms with Gasteiger partial charge in [0.1, 0.15) is 5.76 Å². The molecule has 2 N–H and O–H groups in total. The summed E-state index contributed by atoms with van der Waals surface area (Å²) >= 11 is 0. The van der Waals surface area contributed by atoms with E-state index in [1.807, 2.05) is 19.1 Å². The predicted octanol–water partition coefficient (Wildman–Crippen LogP) is 2.71. The minimum absolute atomic E-state index is 0.163. The first-order valence-corrected chi connectivity index (χ1v) is 5.06. The van der Waals surface area contributed by atoms with Gasteiger partial charge in [0.2, 0.25) is 5.78 Å². The van der Waals surface area contributed by atoms with Gasteiger partial charge in [0.05, 0.1) is 5.56 Å². The molecule has 1 heterocycles. The molecule has 0 atom stereocenters. The number of ketones is 1. The summed E-state index contributed by atoms with van der Waals surface area (Å²) in [7, 11) is 0. The fourth-order valence-corrected chi connectivity index (χ4v) is 1.68. The fourth-order valence-electron chi connectivity index (χ4n) is 1.68. The van der Waals surface area contributed by atoms with Gasteiger partial charge in [-0.3, -0.25) is 4.79 Å². The van der Waals surface area contributed by atoms with Crippen molar-refractivity contribution in [3.63, 3.8) is 0 Å². The van der Waals surface area contributed by atoms with E-state index in [0.29, 0.717) is 17.0 Å². The van der Waals surface area contributed by atoms with Crippen LogP contribution in [0.15, 0.2) is 34.7 Å². The Hall–Kier alpha value is -2.03. The molecule has 2 rings (SSSR count). The van der Waals surface area contributed by atoms with E-state index >= 15 is 0 Å². The Balaban J connectivity index is 2.49. The third kappa shape index (κ3) is 1.72. The van der Waals surface area contributed by atoms with E-state index in [9.17, 15) is 4.79 Å². The van der Waals surface area contributed by atoms with Crippen molar-refractivity contribution < 1.29 is 9.21 Å². The highest BCUT2D eigenvalue weighted by Crippen LogP contribution is 2.21. The zero-order valence-electron chi connectivity index (χ0n) is 9.28. The van der Waals surface area contributed by atoms with Crippen LogP contribution in [-0.2, 0) is 0 Å². The number of benzene rings is 1. The minimum Gasteiger partial charge on any atom is -0.458 e. The number of nitrogens with two attached hydrogens (primary N) is 1. The van der Waals surface area contributed by atoms with E-state index in [1.165, 1.54) is 0 Å². The van der Waals surface area contributed by atoms with Crippen molar-refractivity contribution >= 4 is 11.5 Å². The maximum Gasteiger partial charge on any atom is 0.230 e. The van der Waals surface area contributed by atoms with Crippen molar-refractivity contribution in [2.75, 3.05) is 5.73 Å². The summed E-state index contributed by atoms with van der Waals surface area (Å²) in [5.74, 6) is 0.887. The van der Waals surface area contributed by atoms with Crippen LogP contribution in [0.2, 0.25) is 0 Å². The van der Waals surface area contributed by atoms with Gasteiger partial charge in [0.15, 0.2) is 5.76 Å². The minimum atomic E-state index is -0.163. The van der Waals surface area contributed by atoms with Gasteiger partial charge in [-0.15, -0.1) is 0 Å². The second-order valence-corrected chi connectivity index (χ2v) is 3.78. The zero-order chi connectivity index (χ0) is 11.7. The Morgan fingerprint density at radius 3 is 2.50 bits per heavy atom. The average Bonchev–Trinajstić information content (AvgIpc) is 2.64. The van der Waals surface area contributed by atoms with Crippen LogP contribution in [0.1, 0.15) is 27.4 Å². The summed E-state index contributed by atoms with van der Waals surface area (Å²) in [6.07, 6.45) is 0. The molecule has 0 saturated carbocycles. The van der Waals surface area contributed by atoms with Crippen LogP contribution in [0.3, 0.4) is 0 Å². The number of carbonyl (C=O) groups is 1. The van der Waals surface area contributed by atoms with Gasteiger partial charge in [-0.25, -0.2) is 0 Å². The summed E-state index contributed by atoms with van der Waals surface area (Å²) in [4.78, 5) is 12.1. The summed E-state index contributed by atoms with van der Waals surface area (Å²) < 4.78 is 5.30. The van der Waals surface area contributed by atoms with E-state index in [4.69, 9.17) is 10.2 Å². The molecule has 0 unspecified atom stereocenters. The van der Waals surface area contributed by atoms with Gasteiger partial charge in [-0.05, 0) is 37.6 Å². The molecule has 3 nitrogen and oxygen atoms in total. The summed E-state index contributed by atoms with van der Waals surface area (Å²) in [6, 6.07) is 8.84. The van der Waals surface area contributed by atoms with Crippen LogP contribution in [0, 0.1) is 13.8 Å². The number of aryl methyl sites for hydroxylation is 2. The normalized spacial score (nSPS) is 10.4. The molecule has 0 amide bonds. The van der Waals surface area contributed by atoms with E-state index < -0.39 is 0 Å². The molecule has 1 aromatic heterocycles. The Labute approximate surface area is 93.9 Å². The van der Waals surface area contributed by atoms with Crippen molar-refractivity contribution in [3.05, 3.63) is 53.0 Å². The summed E-state index contributed by atoms with van der Waals surface area (Å²) in [6.45, 7) is 3.66. The van der Waals surface area contributed by atoms with Crippen molar-refractivity contribution in [1.82, 2.24) is 0 Å². The molecule has 0 fully saturated rings. The molecular weight excluding hydrogens is 202 g/mol. The summed E-state index contributed by atoms with van der Waals surface area (Å²) in [5.41, 5.74) is 7.67. The first-order valence-electron chi connectivity index (χ1n) is 5.06. The Morgan fingerprint density at radius 1 is 1.19 bits per heavy atom. The number of carbonyl (C=O) groups excluding carboxylic acids is 1. The highest BCUT2D eigenvalue weighted by Gasteiger charge is 2.17. The Kier molecular flexibility index (Phi) is 2.52. The molecule has 3 heteroatoms. The monoisotopic (exact) mass is 215 g/mol. The number of hydrogen-bond donors (Lipinski definition) is 1. The second kappa shape index (κ2) is 3.85. The SMILES string of the molecule is Cc1ccc(C(=O)c2c(C)cccc2N)o1. The van der Waals surface area contributed by atoms with Crippen LogP contribution in [0.4, 0.5) is 5.69 Å². The van der Waals surface area contributed by atoms with E-state index in [1.54, 1.807) is 25.1 Å². The van der Waals surface area contributed by atoms with Crippen LogP contribution in [-0.4, -0.2) is 5.78 Å². The number of rotatable bonds is 2. The van der Waals surface area contributed by atoms with Gasteiger partial charge in [-0.1, -0.05) is 12.1 Å². The van der Waals surface area contributed by atoms with Crippen molar-refractivity contribution in [2.24, 2.45) is 0 Å². The van der Waals surface area contributed by atoms with Crippen LogP contribution in [0.5, 0.6) is 0 Å². The first-order chi connectivity index (χ1) is 7.59.